The fraction of sp³-hybridized carbons (Fsp3) is 0.733. The Hall–Kier alpha value is -0.100. The molecule has 0 spiro atoms. The zero-order valence-electron chi connectivity index (χ0n) is 13.1. The Morgan fingerprint density at radius 3 is 2.38 bits per heavy atom. The number of thiophene rings is 1. The summed E-state index contributed by atoms with van der Waals surface area (Å²) in [6.45, 7) is 9.77. The number of piperidine rings is 1. The van der Waals surface area contributed by atoms with Gasteiger partial charge in [0.2, 0.25) is 10.0 Å². The largest absolute Gasteiger partial charge is 0.244 e. The van der Waals surface area contributed by atoms with Crippen molar-refractivity contribution in [2.75, 3.05) is 13.1 Å². The number of rotatable bonds is 3. The SMILES string of the molecule is Cc1csc(CCl)c1S(=O)(=O)N1CCC(C(C)(C)C)CC1. The average Bonchev–Trinajstić information content (AvgIpc) is 2.79. The minimum atomic E-state index is -3.40. The van der Waals surface area contributed by atoms with E-state index in [9.17, 15) is 8.42 Å². The van der Waals surface area contributed by atoms with Crippen LogP contribution in [0.25, 0.3) is 0 Å². The van der Waals surface area contributed by atoms with Crippen molar-refractivity contribution in [3.8, 4) is 0 Å². The van der Waals surface area contributed by atoms with Crippen LogP contribution in [0, 0.1) is 18.3 Å². The molecular weight excluding hydrogens is 326 g/mol. The lowest BCUT2D eigenvalue weighted by molar-refractivity contribution is 0.154. The Bertz CT molecular complexity index is 594. The van der Waals surface area contributed by atoms with Crippen LogP contribution in [0.4, 0.5) is 0 Å². The Labute approximate surface area is 137 Å². The first-order valence-corrected chi connectivity index (χ1v) is 10.2. The van der Waals surface area contributed by atoms with Gasteiger partial charge in [0.25, 0.3) is 0 Å². The molecule has 1 aromatic rings. The molecule has 0 radical (unpaired) electrons. The van der Waals surface area contributed by atoms with E-state index in [4.69, 9.17) is 11.6 Å². The Balaban J connectivity index is 2.21. The summed E-state index contributed by atoms with van der Waals surface area (Å²) < 4.78 is 27.4. The number of hydrogen-bond acceptors (Lipinski definition) is 3. The van der Waals surface area contributed by atoms with E-state index >= 15 is 0 Å². The van der Waals surface area contributed by atoms with Crippen molar-refractivity contribution in [3.05, 3.63) is 15.8 Å². The van der Waals surface area contributed by atoms with E-state index < -0.39 is 10.0 Å². The third kappa shape index (κ3) is 3.46. The van der Waals surface area contributed by atoms with E-state index in [1.54, 1.807) is 4.31 Å². The van der Waals surface area contributed by atoms with Gasteiger partial charge in [0.05, 0.1) is 5.88 Å². The second kappa shape index (κ2) is 6.19. The highest BCUT2D eigenvalue weighted by Crippen LogP contribution is 2.37. The lowest BCUT2D eigenvalue weighted by atomic mass is 9.76. The molecule has 120 valence electrons. The minimum Gasteiger partial charge on any atom is -0.207 e. The topological polar surface area (TPSA) is 37.4 Å². The van der Waals surface area contributed by atoms with Crippen molar-refractivity contribution in [2.45, 2.75) is 51.3 Å². The van der Waals surface area contributed by atoms with Crippen LogP contribution in [0.5, 0.6) is 0 Å². The smallest absolute Gasteiger partial charge is 0.207 e. The van der Waals surface area contributed by atoms with Crippen LogP contribution in [0.2, 0.25) is 0 Å². The number of aryl methyl sites for hydroxylation is 1. The Kier molecular flexibility index (Phi) is 5.08. The van der Waals surface area contributed by atoms with Crippen LogP contribution in [-0.2, 0) is 15.9 Å². The van der Waals surface area contributed by atoms with Gasteiger partial charge < -0.3 is 0 Å². The Morgan fingerprint density at radius 2 is 1.90 bits per heavy atom. The summed E-state index contributed by atoms with van der Waals surface area (Å²) in [5.74, 6) is 0.839. The van der Waals surface area contributed by atoms with Crippen LogP contribution in [0.1, 0.15) is 44.1 Å². The monoisotopic (exact) mass is 349 g/mol. The molecule has 1 aliphatic rings. The van der Waals surface area contributed by atoms with Crippen LogP contribution in [-0.4, -0.2) is 25.8 Å². The summed E-state index contributed by atoms with van der Waals surface area (Å²) >= 11 is 7.33. The maximum Gasteiger partial charge on any atom is 0.244 e. The van der Waals surface area contributed by atoms with E-state index in [1.807, 2.05) is 12.3 Å². The van der Waals surface area contributed by atoms with Gasteiger partial charge in [-0.1, -0.05) is 20.8 Å². The highest BCUT2D eigenvalue weighted by atomic mass is 35.5. The number of halogens is 1. The number of sulfonamides is 1. The number of nitrogens with zero attached hydrogens (tertiary/aromatic N) is 1. The zero-order chi connectivity index (χ0) is 15.8. The maximum atomic E-state index is 12.9. The summed E-state index contributed by atoms with van der Waals surface area (Å²) in [6, 6.07) is 0. The fourth-order valence-electron chi connectivity index (χ4n) is 3.02. The molecule has 1 fully saturated rings. The first-order chi connectivity index (χ1) is 9.67. The molecule has 0 unspecified atom stereocenters. The summed E-state index contributed by atoms with van der Waals surface area (Å²) in [4.78, 5) is 1.20. The van der Waals surface area contributed by atoms with Gasteiger partial charge in [-0.2, -0.15) is 4.31 Å². The number of hydrogen-bond donors (Lipinski definition) is 0. The second-order valence-corrected chi connectivity index (χ2v) is 9.96. The molecular formula is C15H24ClNO2S2. The van der Waals surface area contributed by atoms with Crippen LogP contribution >= 0.6 is 22.9 Å². The van der Waals surface area contributed by atoms with E-state index in [2.05, 4.69) is 20.8 Å². The summed E-state index contributed by atoms with van der Waals surface area (Å²) in [5, 5.41) is 1.88. The van der Waals surface area contributed by atoms with Crippen molar-refractivity contribution < 1.29 is 8.42 Å². The van der Waals surface area contributed by atoms with Crippen LogP contribution in [0.3, 0.4) is 0 Å². The molecule has 6 heteroatoms. The molecule has 21 heavy (non-hydrogen) atoms. The van der Waals surface area contributed by atoms with Gasteiger partial charge in [-0.25, -0.2) is 8.42 Å². The summed E-state index contributed by atoms with van der Waals surface area (Å²) in [5.41, 5.74) is 1.06. The second-order valence-electron chi connectivity index (χ2n) is 6.85. The molecule has 0 aromatic carbocycles. The molecule has 0 N–H and O–H groups in total. The highest BCUT2D eigenvalue weighted by Gasteiger charge is 2.35. The fourth-order valence-corrected chi connectivity index (χ4v) is 6.50. The third-order valence-corrected chi connectivity index (χ3v) is 8.18. The van der Waals surface area contributed by atoms with Gasteiger partial charge in [-0.3, -0.25) is 0 Å². The van der Waals surface area contributed by atoms with Crippen molar-refractivity contribution in [1.29, 1.82) is 0 Å². The van der Waals surface area contributed by atoms with E-state index in [-0.39, 0.29) is 11.3 Å². The van der Waals surface area contributed by atoms with E-state index in [0.717, 1.165) is 23.3 Å². The van der Waals surface area contributed by atoms with Gasteiger partial charge in [0.15, 0.2) is 0 Å². The Morgan fingerprint density at radius 1 is 1.33 bits per heavy atom. The van der Waals surface area contributed by atoms with Crippen molar-refractivity contribution in [3.63, 3.8) is 0 Å². The summed E-state index contributed by atoms with van der Waals surface area (Å²) in [6.07, 6.45) is 1.87. The van der Waals surface area contributed by atoms with Gasteiger partial charge in [-0.05, 0) is 42.0 Å². The van der Waals surface area contributed by atoms with Crippen LogP contribution in [0.15, 0.2) is 10.3 Å². The van der Waals surface area contributed by atoms with Crippen LogP contribution < -0.4 is 0 Å². The molecule has 0 amide bonds. The lowest BCUT2D eigenvalue weighted by Crippen LogP contribution is -2.41. The molecule has 0 bridgehead atoms. The van der Waals surface area contributed by atoms with Crippen molar-refractivity contribution in [2.24, 2.45) is 11.3 Å². The van der Waals surface area contributed by atoms with E-state index in [0.29, 0.717) is 23.9 Å². The maximum absolute atomic E-state index is 12.9. The zero-order valence-corrected chi connectivity index (χ0v) is 15.5. The van der Waals surface area contributed by atoms with Crippen molar-refractivity contribution in [1.82, 2.24) is 4.31 Å². The lowest BCUT2D eigenvalue weighted by Gasteiger charge is -2.38. The van der Waals surface area contributed by atoms with Gasteiger partial charge in [-0.15, -0.1) is 22.9 Å². The minimum absolute atomic E-state index is 0.245. The molecule has 2 rings (SSSR count). The quantitative estimate of drug-likeness (QED) is 0.765. The first-order valence-electron chi connectivity index (χ1n) is 7.31. The first kappa shape index (κ1) is 17.3. The van der Waals surface area contributed by atoms with Gasteiger partial charge in [0, 0.05) is 18.0 Å². The molecule has 3 nitrogen and oxygen atoms in total. The van der Waals surface area contributed by atoms with E-state index in [1.165, 1.54) is 11.3 Å². The molecule has 0 aliphatic carbocycles. The number of alkyl halides is 1. The summed E-state index contributed by atoms with van der Waals surface area (Å²) in [7, 11) is -3.40. The molecule has 1 aliphatic heterocycles. The highest BCUT2D eigenvalue weighted by molar-refractivity contribution is 7.89. The molecule has 0 atom stereocenters. The van der Waals surface area contributed by atoms with Gasteiger partial charge in [0.1, 0.15) is 4.90 Å². The van der Waals surface area contributed by atoms with Crippen molar-refractivity contribution >= 4 is 33.0 Å². The molecule has 2 heterocycles. The third-order valence-electron chi connectivity index (χ3n) is 4.39. The predicted molar refractivity (Wildman–Crippen MR) is 89.6 cm³/mol. The normalized spacial score (nSPS) is 19.1. The molecule has 1 aromatic heterocycles. The molecule has 0 saturated carbocycles. The van der Waals surface area contributed by atoms with Gasteiger partial charge >= 0.3 is 0 Å². The average molecular weight is 350 g/mol. The predicted octanol–water partition coefficient (Wildman–Crippen LogP) is 4.24. The molecule has 1 saturated heterocycles. The standard InChI is InChI=1S/C15H24ClNO2S2/c1-11-10-20-13(9-16)14(11)21(18,19)17-7-5-12(6-8-17)15(2,3)4/h10,12H,5-9H2,1-4H3.